The van der Waals surface area contributed by atoms with E-state index in [2.05, 4.69) is 162 Å². The van der Waals surface area contributed by atoms with Crippen LogP contribution in [0.3, 0.4) is 0 Å². The normalized spacial score (nSPS) is 14.2. The van der Waals surface area contributed by atoms with Crippen LogP contribution in [-0.2, 0) is 0 Å². The average Bonchev–Trinajstić information content (AvgIpc) is 3.83. The molecule has 0 saturated heterocycles. The fraction of sp³-hybridized carbons (Fsp3) is 0.0200. The molecule has 0 radical (unpaired) electrons. The van der Waals surface area contributed by atoms with Gasteiger partial charge in [-0.05, 0) is 41.0 Å². The lowest BCUT2D eigenvalue weighted by Crippen LogP contribution is -2.33. The number of thiophene rings is 1. The number of nitrogens with zero attached hydrogens (tertiary/aromatic N) is 4. The lowest BCUT2D eigenvalue weighted by atomic mass is 9.99. The fourth-order valence-electron chi connectivity index (χ4n) is 7.96. The third kappa shape index (κ3) is 5.42. The van der Waals surface area contributed by atoms with Gasteiger partial charge in [-0.15, -0.1) is 11.3 Å². The van der Waals surface area contributed by atoms with Crippen molar-refractivity contribution in [2.75, 3.05) is 0 Å². The molecule has 0 amide bonds. The Hall–Kier alpha value is -7.15. The number of amidine groups is 2. The largest absolute Gasteiger partial charge is 0.344 e. The Morgan fingerprint density at radius 3 is 1.82 bits per heavy atom. The van der Waals surface area contributed by atoms with E-state index in [4.69, 9.17) is 15.0 Å². The van der Waals surface area contributed by atoms with Gasteiger partial charge in [0.05, 0.1) is 26.9 Å². The summed E-state index contributed by atoms with van der Waals surface area (Å²) in [5.74, 6) is 1.53. The highest BCUT2D eigenvalue weighted by molar-refractivity contribution is 7.27. The van der Waals surface area contributed by atoms with Gasteiger partial charge in [0.2, 0.25) is 0 Å². The molecule has 10 aromatic rings. The minimum atomic E-state index is -0.273. The highest BCUT2D eigenvalue weighted by Crippen LogP contribution is 2.47. The van der Waals surface area contributed by atoms with E-state index in [1.54, 1.807) is 0 Å². The van der Waals surface area contributed by atoms with Crippen molar-refractivity contribution in [1.29, 1.82) is 0 Å². The maximum absolute atomic E-state index is 5.39. The molecule has 1 N–H and O–H groups in total. The first-order chi connectivity index (χ1) is 27.8. The van der Waals surface area contributed by atoms with Crippen LogP contribution in [0.1, 0.15) is 22.9 Å². The second-order valence-electron chi connectivity index (χ2n) is 14.0. The number of aliphatic imine (C=N–C) groups is 2. The quantitative estimate of drug-likeness (QED) is 0.185. The van der Waals surface area contributed by atoms with Gasteiger partial charge in [-0.25, -0.2) is 15.0 Å². The highest BCUT2D eigenvalue weighted by atomic mass is 32.1. The fourth-order valence-corrected chi connectivity index (χ4v) is 9.31. The number of hydrogen-bond donors (Lipinski definition) is 1. The molecule has 4 heterocycles. The van der Waals surface area contributed by atoms with E-state index in [0.717, 1.165) is 61.9 Å². The van der Waals surface area contributed by atoms with Gasteiger partial charge in [0.1, 0.15) is 12.0 Å². The number of hydrogen-bond acceptors (Lipinski definition) is 5. The van der Waals surface area contributed by atoms with Crippen LogP contribution in [0.25, 0.3) is 70.2 Å². The molecule has 1 aliphatic rings. The summed E-state index contributed by atoms with van der Waals surface area (Å²) in [4.78, 5) is 15.4. The van der Waals surface area contributed by atoms with Gasteiger partial charge in [-0.2, -0.15) is 0 Å². The summed E-state index contributed by atoms with van der Waals surface area (Å²) in [6, 6.07) is 66.0. The second-order valence-corrected chi connectivity index (χ2v) is 15.1. The first-order valence-corrected chi connectivity index (χ1v) is 19.6. The topological polar surface area (TPSA) is 54.6 Å². The first-order valence-electron chi connectivity index (χ1n) is 18.8. The highest BCUT2D eigenvalue weighted by Gasteiger charge is 2.24. The van der Waals surface area contributed by atoms with Crippen LogP contribution < -0.4 is 5.32 Å². The number of aromatic nitrogens is 2. The Morgan fingerprint density at radius 2 is 1.09 bits per heavy atom. The number of para-hydroxylation sites is 3. The van der Waals surface area contributed by atoms with Gasteiger partial charge in [-0.3, -0.25) is 0 Å². The van der Waals surface area contributed by atoms with Crippen molar-refractivity contribution in [3.63, 3.8) is 0 Å². The minimum absolute atomic E-state index is 0.273. The third-order valence-electron chi connectivity index (χ3n) is 10.7. The van der Waals surface area contributed by atoms with Crippen molar-refractivity contribution in [2.45, 2.75) is 6.17 Å². The lowest BCUT2D eigenvalue weighted by Gasteiger charge is -2.23. The molecular formula is C50H33N5S. The monoisotopic (exact) mass is 735 g/mol. The van der Waals surface area contributed by atoms with Crippen molar-refractivity contribution < 1.29 is 0 Å². The second kappa shape index (κ2) is 13.3. The molecular weight excluding hydrogens is 703 g/mol. The van der Waals surface area contributed by atoms with E-state index in [9.17, 15) is 0 Å². The number of fused-ring (bicyclic) bond motifs is 7. The van der Waals surface area contributed by atoms with Crippen molar-refractivity contribution in [3.05, 3.63) is 205 Å². The summed E-state index contributed by atoms with van der Waals surface area (Å²) in [5.41, 5.74) is 12.0. The molecule has 3 aromatic heterocycles. The van der Waals surface area contributed by atoms with E-state index < -0.39 is 0 Å². The van der Waals surface area contributed by atoms with Crippen LogP contribution in [0.5, 0.6) is 0 Å². The molecule has 1 atom stereocenters. The Morgan fingerprint density at radius 1 is 0.500 bits per heavy atom. The molecule has 0 aliphatic carbocycles. The van der Waals surface area contributed by atoms with Gasteiger partial charge in [0.15, 0.2) is 5.84 Å². The smallest absolute Gasteiger partial charge is 0.159 e. The van der Waals surface area contributed by atoms with E-state index in [1.165, 1.54) is 36.6 Å². The lowest BCUT2D eigenvalue weighted by molar-refractivity contribution is 0.674. The summed E-state index contributed by atoms with van der Waals surface area (Å²) < 4.78 is 4.97. The van der Waals surface area contributed by atoms with Crippen LogP contribution in [0, 0.1) is 0 Å². The van der Waals surface area contributed by atoms with Crippen molar-refractivity contribution in [3.8, 4) is 28.1 Å². The van der Waals surface area contributed by atoms with Crippen molar-refractivity contribution >= 4 is 65.1 Å². The zero-order chi connectivity index (χ0) is 37.0. The Kier molecular flexibility index (Phi) is 7.67. The van der Waals surface area contributed by atoms with Gasteiger partial charge in [0.25, 0.3) is 0 Å². The SMILES string of the molecule is c1ccc(C2=NC(c3ccc(-c4ccc(-c5nc6ccccc6c6sc7c8ccccc8n(-c8ccccc8)c7c56)cc4)cc3)NC(c3ccccc3)=N2)cc1. The van der Waals surface area contributed by atoms with Crippen molar-refractivity contribution in [2.24, 2.45) is 9.98 Å². The summed E-state index contributed by atoms with van der Waals surface area (Å²) in [6.45, 7) is 0. The number of rotatable bonds is 6. The molecule has 11 rings (SSSR count). The maximum Gasteiger partial charge on any atom is 0.159 e. The average molecular weight is 736 g/mol. The molecule has 7 aromatic carbocycles. The van der Waals surface area contributed by atoms with Gasteiger partial charge >= 0.3 is 0 Å². The van der Waals surface area contributed by atoms with Crippen LogP contribution in [0.4, 0.5) is 0 Å². The Labute approximate surface area is 327 Å². The predicted molar refractivity (Wildman–Crippen MR) is 234 cm³/mol. The van der Waals surface area contributed by atoms with Crippen LogP contribution in [0.2, 0.25) is 0 Å². The molecule has 0 saturated carbocycles. The van der Waals surface area contributed by atoms with E-state index in [0.29, 0.717) is 0 Å². The van der Waals surface area contributed by atoms with Crippen LogP contribution in [0.15, 0.2) is 198 Å². The Bertz CT molecular complexity index is 3130. The summed E-state index contributed by atoms with van der Waals surface area (Å²) in [6.07, 6.45) is -0.273. The number of pyridine rings is 1. The van der Waals surface area contributed by atoms with Gasteiger partial charge < -0.3 is 9.88 Å². The van der Waals surface area contributed by atoms with Gasteiger partial charge in [-0.1, -0.05) is 164 Å². The number of benzene rings is 7. The van der Waals surface area contributed by atoms with E-state index in [1.807, 2.05) is 47.7 Å². The molecule has 0 spiro atoms. The molecule has 1 unspecified atom stereocenters. The van der Waals surface area contributed by atoms with Crippen LogP contribution in [-0.4, -0.2) is 21.2 Å². The molecule has 264 valence electrons. The number of nitrogens with one attached hydrogen (secondary N) is 1. The molecule has 5 nitrogen and oxygen atoms in total. The van der Waals surface area contributed by atoms with Crippen molar-refractivity contribution in [1.82, 2.24) is 14.9 Å². The standard InChI is InChI=1S/C50H33N5S/c1-4-14-35(15-5-1)48-52-49(36-16-6-2-7-17-36)54-50(53-48)37-30-26-33(27-31-37)32-24-28-34(29-25-32)44-43-45-47(56-46(43)39-20-10-12-22-41(39)51-44)40-21-11-13-23-42(40)55(45)38-18-8-3-9-19-38/h1-31,50H,(H,52,53,54). The molecule has 1 aliphatic heterocycles. The van der Waals surface area contributed by atoms with Gasteiger partial charge in [0, 0.05) is 43.2 Å². The minimum Gasteiger partial charge on any atom is -0.344 e. The molecule has 6 heteroatoms. The van der Waals surface area contributed by atoms with Crippen LogP contribution >= 0.6 is 11.3 Å². The summed E-state index contributed by atoms with van der Waals surface area (Å²) in [5, 5.41) is 7.22. The first kappa shape index (κ1) is 32.3. The Balaban J connectivity index is 0.988. The summed E-state index contributed by atoms with van der Waals surface area (Å²) in [7, 11) is 0. The maximum atomic E-state index is 5.39. The molecule has 56 heavy (non-hydrogen) atoms. The molecule has 0 fully saturated rings. The zero-order valence-electron chi connectivity index (χ0n) is 30.2. The zero-order valence-corrected chi connectivity index (χ0v) is 31.0. The predicted octanol–water partition coefficient (Wildman–Crippen LogP) is 12.4. The van der Waals surface area contributed by atoms with E-state index in [-0.39, 0.29) is 6.17 Å². The molecule has 0 bridgehead atoms. The van der Waals surface area contributed by atoms with E-state index >= 15 is 0 Å². The third-order valence-corrected chi connectivity index (χ3v) is 11.9. The summed E-state index contributed by atoms with van der Waals surface area (Å²) >= 11 is 1.87.